The first-order valence-electron chi connectivity index (χ1n) is 36.1. The molecule has 0 amide bonds. The predicted octanol–water partition coefficient (Wildman–Crippen LogP) is 30.5. The summed E-state index contributed by atoms with van der Waals surface area (Å²) < 4.78 is 118. The van der Waals surface area contributed by atoms with Gasteiger partial charge >= 0.3 is 66.0 Å². The quantitative estimate of drug-likeness (QED) is 0.0542. The molecule has 0 nitrogen and oxygen atoms in total. The summed E-state index contributed by atoms with van der Waals surface area (Å²) in [7, 11) is -21.3. The Labute approximate surface area is 640 Å². The topological polar surface area (TPSA) is 0 Å². The zero-order valence-electron chi connectivity index (χ0n) is 66.4. The van der Waals surface area contributed by atoms with Crippen LogP contribution in [0.3, 0.4) is 0 Å². The van der Waals surface area contributed by atoms with Crippen molar-refractivity contribution < 1.29 is 50.4 Å². The van der Waals surface area contributed by atoms with Crippen LogP contribution in [-0.4, -0.2) is 9.73 Å². The molecule has 0 spiro atoms. The maximum atomic E-state index is 9.87. The number of benzene rings is 1. The Bertz CT molecular complexity index is 4660. The molecule has 8 aliphatic carbocycles. The molecule has 2 heterocycles. The summed E-state index contributed by atoms with van der Waals surface area (Å²) in [5.74, 6) is 14.4. The van der Waals surface area contributed by atoms with Crippen molar-refractivity contribution in [1.29, 1.82) is 0 Å². The van der Waals surface area contributed by atoms with Gasteiger partial charge in [0.15, 0.2) is 0 Å². The fourth-order valence-electron chi connectivity index (χ4n) is 13.5. The molecule has 2 aliphatic heterocycles. The first kappa shape index (κ1) is 84.3. The number of allylic oxidation sites excluding steroid dienone is 4. The molecule has 1 aromatic rings. The van der Waals surface area contributed by atoms with Crippen LogP contribution in [0.5, 0.6) is 0 Å². The van der Waals surface area contributed by atoms with E-state index >= 15 is 0 Å². The second kappa shape index (κ2) is 27.1. The molecule has 0 radical (unpaired) electrons. The second-order valence-corrected chi connectivity index (χ2v) is 42.8. The van der Waals surface area contributed by atoms with Crippen LogP contribution in [0.4, 0.5) is 50.4 Å². The van der Waals surface area contributed by atoms with E-state index < -0.39 is 15.6 Å². The van der Waals surface area contributed by atoms with Gasteiger partial charge < -0.3 is 0 Å². The summed E-state index contributed by atoms with van der Waals surface area (Å²) >= 11 is 3.59. The molecule has 16 heteroatoms. The van der Waals surface area contributed by atoms with Crippen molar-refractivity contribution in [3.05, 3.63) is 258 Å². The number of halogens is 12. The van der Waals surface area contributed by atoms with Crippen molar-refractivity contribution in [3.63, 3.8) is 0 Å². The number of hydrogen-bond acceptors (Lipinski definition) is 0. The molecule has 10 aliphatic rings. The van der Waals surface area contributed by atoms with Gasteiger partial charge in [-0.2, -0.15) is 0 Å². The fourth-order valence-corrected chi connectivity index (χ4v) is 15.4. The van der Waals surface area contributed by atoms with E-state index in [1.807, 2.05) is 0 Å². The van der Waals surface area contributed by atoms with E-state index in [0.29, 0.717) is 0 Å². The maximum absolute atomic E-state index is 10.7. The molecule has 574 valence electrons. The molecule has 0 saturated heterocycles. The Morgan fingerprint density at radius 3 is 0.602 bits per heavy atom. The van der Waals surface area contributed by atoms with Gasteiger partial charge in [0, 0.05) is 47.3 Å². The Kier molecular flexibility index (Phi) is 21.1. The van der Waals surface area contributed by atoms with E-state index in [9.17, 15) is 50.4 Å². The van der Waals surface area contributed by atoms with Crippen molar-refractivity contribution >= 4 is 59.2 Å². The van der Waals surface area contributed by atoms with Gasteiger partial charge in [0.05, 0.1) is 11.1 Å². The summed E-state index contributed by atoms with van der Waals surface area (Å²) in [4.78, 5) is 4.48. The van der Waals surface area contributed by atoms with Crippen molar-refractivity contribution in [3.8, 4) is 68.2 Å². The van der Waals surface area contributed by atoms with Gasteiger partial charge in [-0.1, -0.05) is 275 Å². The molecule has 108 heavy (non-hydrogen) atoms. The van der Waals surface area contributed by atoms with E-state index in [0.717, 1.165) is 20.9 Å². The van der Waals surface area contributed by atoms with Crippen LogP contribution in [0, 0.1) is 23.7 Å². The first-order chi connectivity index (χ1) is 48.5. The number of rotatable bonds is 4. The predicted molar refractivity (Wildman–Crippen MR) is 444 cm³/mol. The second-order valence-electron chi connectivity index (χ2n) is 36.8. The zero-order chi connectivity index (χ0) is 81.0. The van der Waals surface area contributed by atoms with Crippen LogP contribution in [0.15, 0.2) is 180 Å². The van der Waals surface area contributed by atoms with Gasteiger partial charge in [-0.25, -0.2) is 0 Å². The summed E-state index contributed by atoms with van der Waals surface area (Å²) in [6.45, 7) is 56.0. The monoisotopic (exact) mass is 1560 g/mol. The van der Waals surface area contributed by atoms with E-state index in [1.54, 1.807) is 22.7 Å². The van der Waals surface area contributed by atoms with E-state index in [1.165, 1.54) is 132 Å². The van der Waals surface area contributed by atoms with Crippen LogP contribution in [0.2, 0.25) is 0 Å². The third-order valence-corrected chi connectivity index (χ3v) is 21.1. The van der Waals surface area contributed by atoms with Gasteiger partial charge in [0.2, 0.25) is 32.5 Å². The van der Waals surface area contributed by atoms with E-state index in [-0.39, 0.29) is 43.3 Å². The van der Waals surface area contributed by atoms with Gasteiger partial charge in [0.25, 0.3) is 9.73 Å². The fraction of sp³-hybridized carbons (Fsp3) is 0.348. The molecule has 1 aromatic carbocycles. The zero-order valence-corrected chi connectivity index (χ0v) is 69.8. The van der Waals surface area contributed by atoms with Crippen molar-refractivity contribution in [2.75, 3.05) is 0 Å². The third kappa shape index (κ3) is 21.9. The molecule has 0 aromatic heterocycles. The average molecular weight is 1560 g/mol. The van der Waals surface area contributed by atoms with Crippen molar-refractivity contribution in [1.82, 2.24) is 0 Å². The Morgan fingerprint density at radius 2 is 0.426 bits per heavy atom. The van der Waals surface area contributed by atoms with Crippen molar-refractivity contribution in [2.24, 2.45) is 0 Å². The standard InChI is InChI=1S/C92H100S2.2F6P/c1-85(2,3)59-31-43-65-69(47-35-59)77(89(13,14)15)53-73(65)83(74-54-78(90(16,17)18)70-48-36-60(86(4,5)6)32-44-66(70)74)81-51-41-63(93-81)39-29-57-25-27-58(28-26-57)30-40-64-42-52-82(94-64)84(75-55-79(91(19,20)21)71-49-37-61(87(7,8)9)33-45-67(71)75)76-56-80(92(22,23)24)72-50-38-62(88(10,11)12)34-46-68(72)76;2*1-7(2,3,4,5)6/h25-28,31-38,41-56H,1-24H3;;/q+2;2*-1. The van der Waals surface area contributed by atoms with Crippen LogP contribution in [-0.2, 0) is 66.0 Å². The van der Waals surface area contributed by atoms with E-state index in [4.69, 9.17) is 0 Å². The normalized spacial score (nSPS) is 15.4. The first-order valence-corrected chi connectivity index (χ1v) is 41.8. The third-order valence-electron chi connectivity index (χ3n) is 19.1. The summed E-state index contributed by atoms with van der Waals surface area (Å²) in [5.41, 5.74) is 30.3. The number of fused-ring (bicyclic) bond motifs is 4. The van der Waals surface area contributed by atoms with Gasteiger partial charge in [-0.3, -0.25) is 0 Å². The summed E-state index contributed by atoms with van der Waals surface area (Å²) in [5, 5.41) is 0. The van der Waals surface area contributed by atoms with Gasteiger partial charge in [-0.05, 0) is 203 Å². The molecule has 0 saturated carbocycles. The van der Waals surface area contributed by atoms with Gasteiger partial charge in [-0.15, -0.1) is 0 Å². The molecule has 0 unspecified atom stereocenters. The van der Waals surface area contributed by atoms with Gasteiger partial charge in [0.1, 0.15) is 0 Å². The number of hydrogen-bond donors (Lipinski definition) is 0. The average Bonchev–Trinajstić information content (AvgIpc) is 1.59. The molecule has 0 N–H and O–H groups in total. The summed E-state index contributed by atoms with van der Waals surface area (Å²) in [6, 6.07) is 56.5. The van der Waals surface area contributed by atoms with Crippen LogP contribution < -0.4 is 0 Å². The molecule has 0 fully saturated rings. The summed E-state index contributed by atoms with van der Waals surface area (Å²) in [6.07, 6.45) is 9.09. The Morgan fingerprint density at radius 1 is 0.241 bits per heavy atom. The minimum absolute atomic E-state index is 0.00502. The molecular formula is C92H100F12P2S2. The Balaban J connectivity index is 0.000000875. The molecular weight excluding hydrogens is 1460 g/mol. The molecule has 11 rings (SSSR count). The Hall–Kier alpha value is -7.70. The minimum atomic E-state index is -10.7. The molecule has 0 bridgehead atoms. The van der Waals surface area contributed by atoms with Crippen molar-refractivity contribution in [2.45, 2.75) is 209 Å². The van der Waals surface area contributed by atoms with Crippen LogP contribution in [0.1, 0.15) is 244 Å². The molecule has 0 atom stereocenters. The SMILES string of the molecule is CC(C)(C)c1ccc2c(C(=C3C=CC(C#Cc4ccc(C#CC5=[S+]C(=C(c6cc(C(C)(C)C)c7ccc(C(C)(C)C)ccc6-7)c6cc(C(C)(C)C)c7ccc(C(C)(C)C)ccc6-7)C=C5)cc4)=[S+]3)c3cc(C(C)(C)C)c4ccc(C(C)(C)C)ccc3-4)cc(C(C)(C)C)c-2cc1.F[P-](F)(F)(F)(F)F.F[P-](F)(F)(F)(F)F. The van der Waals surface area contributed by atoms with Crippen LogP contribution in [0.25, 0.3) is 55.7 Å². The van der Waals surface area contributed by atoms with Crippen LogP contribution >= 0.6 is 15.6 Å². The van der Waals surface area contributed by atoms with E-state index in [2.05, 4.69) is 360 Å².